The molecule has 0 saturated carbocycles. The maximum absolute atomic E-state index is 4.59. The van der Waals surface area contributed by atoms with E-state index in [9.17, 15) is 0 Å². The van der Waals surface area contributed by atoms with E-state index in [4.69, 9.17) is 0 Å². The van der Waals surface area contributed by atoms with E-state index in [1.165, 1.54) is 5.00 Å². The third kappa shape index (κ3) is 4.85. The molecule has 1 saturated heterocycles. The molecular weight excluding hydrogens is 352 g/mol. The number of nitrogens with zero attached hydrogens (tertiary/aromatic N) is 4. The van der Waals surface area contributed by atoms with Gasteiger partial charge in [-0.3, -0.25) is 4.99 Å². The molecule has 6 nitrogen and oxygen atoms in total. The third-order valence-electron chi connectivity index (χ3n) is 4.24. The van der Waals surface area contributed by atoms with Crippen molar-refractivity contribution in [2.75, 3.05) is 44.0 Å². The number of nitrogens with one attached hydrogen (secondary N) is 2. The van der Waals surface area contributed by atoms with E-state index in [0.717, 1.165) is 42.7 Å². The first-order valence-corrected chi connectivity index (χ1v) is 10.3. The van der Waals surface area contributed by atoms with Crippen LogP contribution < -0.4 is 20.4 Å². The Balaban J connectivity index is 1.45. The molecule has 2 aromatic rings. The smallest absolute Gasteiger partial charge is 0.191 e. The standard InChI is InChI=1S/C17H26N6S2/c1-18-16(19-11-14-12-25-17(21-14)22(2)3)20-13-6-8-23(9-7-13)15-5-4-10-24-15/h4-5,10,12-13H,6-9,11H2,1-3H3,(H2,18,19,20). The second kappa shape index (κ2) is 8.53. The van der Waals surface area contributed by atoms with Gasteiger partial charge < -0.3 is 20.4 Å². The van der Waals surface area contributed by atoms with Gasteiger partial charge in [-0.25, -0.2) is 4.98 Å². The van der Waals surface area contributed by atoms with Crippen LogP contribution >= 0.6 is 22.7 Å². The van der Waals surface area contributed by atoms with Gasteiger partial charge in [-0.05, 0) is 30.4 Å². The molecule has 0 spiro atoms. The zero-order valence-corrected chi connectivity index (χ0v) is 16.7. The van der Waals surface area contributed by atoms with Crippen LogP contribution in [0.2, 0.25) is 0 Å². The van der Waals surface area contributed by atoms with Gasteiger partial charge in [0.25, 0.3) is 0 Å². The molecule has 1 aliphatic heterocycles. The normalized spacial score (nSPS) is 16.1. The molecule has 1 fully saturated rings. The Morgan fingerprint density at radius 1 is 1.36 bits per heavy atom. The Labute approximate surface area is 157 Å². The van der Waals surface area contributed by atoms with Crippen molar-refractivity contribution in [1.29, 1.82) is 0 Å². The minimum absolute atomic E-state index is 0.468. The Bertz CT molecular complexity index is 671. The van der Waals surface area contributed by atoms with E-state index in [0.29, 0.717) is 12.6 Å². The number of hydrogen-bond acceptors (Lipinski definition) is 6. The van der Waals surface area contributed by atoms with Gasteiger partial charge in [0.15, 0.2) is 11.1 Å². The van der Waals surface area contributed by atoms with Gasteiger partial charge in [0, 0.05) is 45.7 Å². The number of piperidine rings is 1. The highest BCUT2D eigenvalue weighted by molar-refractivity contribution is 7.14. The number of anilines is 2. The summed E-state index contributed by atoms with van der Waals surface area (Å²) in [7, 11) is 5.85. The van der Waals surface area contributed by atoms with E-state index in [-0.39, 0.29) is 0 Å². The van der Waals surface area contributed by atoms with Crippen molar-refractivity contribution in [3.8, 4) is 0 Å². The first kappa shape index (κ1) is 18.0. The predicted molar refractivity (Wildman–Crippen MR) is 109 cm³/mol. The molecule has 25 heavy (non-hydrogen) atoms. The highest BCUT2D eigenvalue weighted by Crippen LogP contribution is 2.24. The summed E-state index contributed by atoms with van der Waals surface area (Å²) in [4.78, 5) is 13.5. The summed E-state index contributed by atoms with van der Waals surface area (Å²) >= 11 is 3.48. The zero-order chi connectivity index (χ0) is 17.6. The Hall–Kier alpha value is -1.80. The van der Waals surface area contributed by atoms with Gasteiger partial charge in [-0.2, -0.15) is 0 Å². The monoisotopic (exact) mass is 378 g/mol. The van der Waals surface area contributed by atoms with Crippen molar-refractivity contribution >= 4 is 38.8 Å². The average molecular weight is 379 g/mol. The van der Waals surface area contributed by atoms with Crippen molar-refractivity contribution in [3.05, 3.63) is 28.6 Å². The summed E-state index contributed by atoms with van der Waals surface area (Å²) in [6.07, 6.45) is 2.25. The maximum Gasteiger partial charge on any atom is 0.191 e. The topological polar surface area (TPSA) is 55.8 Å². The van der Waals surface area contributed by atoms with E-state index >= 15 is 0 Å². The molecule has 136 valence electrons. The third-order valence-corrected chi connectivity index (χ3v) is 6.22. The lowest BCUT2D eigenvalue weighted by Gasteiger charge is -2.33. The molecular formula is C17H26N6S2. The summed E-state index contributed by atoms with van der Waals surface area (Å²) in [6, 6.07) is 4.79. The number of aliphatic imine (C=N–C) groups is 1. The molecule has 1 aliphatic rings. The molecule has 0 unspecified atom stereocenters. The lowest BCUT2D eigenvalue weighted by Crippen LogP contribution is -2.48. The summed E-state index contributed by atoms with van der Waals surface area (Å²) in [5, 5.41) is 13.6. The minimum atomic E-state index is 0.468. The van der Waals surface area contributed by atoms with Gasteiger partial charge in [0.1, 0.15) is 0 Å². The minimum Gasteiger partial charge on any atom is -0.363 e. The van der Waals surface area contributed by atoms with Crippen molar-refractivity contribution in [2.24, 2.45) is 4.99 Å². The Morgan fingerprint density at radius 2 is 2.16 bits per heavy atom. The van der Waals surface area contributed by atoms with Gasteiger partial charge in [-0.15, -0.1) is 22.7 Å². The molecule has 3 rings (SSSR count). The van der Waals surface area contributed by atoms with Crippen LogP contribution in [-0.4, -0.2) is 51.2 Å². The maximum atomic E-state index is 4.59. The van der Waals surface area contributed by atoms with Crippen LogP contribution in [0.4, 0.5) is 10.1 Å². The molecule has 0 bridgehead atoms. The average Bonchev–Trinajstić information content (AvgIpc) is 3.31. The van der Waals surface area contributed by atoms with E-state index in [1.54, 1.807) is 11.3 Å². The summed E-state index contributed by atoms with van der Waals surface area (Å²) in [5.74, 6) is 0.856. The van der Waals surface area contributed by atoms with Crippen LogP contribution in [-0.2, 0) is 6.54 Å². The molecule has 0 aromatic carbocycles. The molecule has 0 amide bonds. The Morgan fingerprint density at radius 3 is 2.76 bits per heavy atom. The number of rotatable bonds is 5. The molecule has 2 aromatic heterocycles. The van der Waals surface area contributed by atoms with Gasteiger partial charge in [0.2, 0.25) is 0 Å². The highest BCUT2D eigenvalue weighted by atomic mass is 32.1. The second-order valence-corrected chi connectivity index (χ2v) is 8.06. The number of guanidine groups is 1. The first-order chi connectivity index (χ1) is 12.2. The van der Waals surface area contributed by atoms with E-state index < -0.39 is 0 Å². The molecule has 0 atom stereocenters. The lowest BCUT2D eigenvalue weighted by molar-refractivity contribution is 0.462. The Kier molecular flexibility index (Phi) is 6.14. The SMILES string of the molecule is CN=C(NCc1csc(N(C)C)n1)NC1CCN(c2cccs2)CC1. The molecule has 8 heteroatoms. The highest BCUT2D eigenvalue weighted by Gasteiger charge is 2.20. The molecule has 2 N–H and O–H groups in total. The fourth-order valence-corrected chi connectivity index (χ4v) is 4.38. The summed E-state index contributed by atoms with van der Waals surface area (Å²) in [5.41, 5.74) is 1.05. The lowest BCUT2D eigenvalue weighted by atomic mass is 10.1. The summed E-state index contributed by atoms with van der Waals surface area (Å²) in [6.45, 7) is 2.87. The van der Waals surface area contributed by atoms with Crippen LogP contribution in [0, 0.1) is 0 Å². The number of hydrogen-bond donors (Lipinski definition) is 2. The van der Waals surface area contributed by atoms with Crippen molar-refractivity contribution < 1.29 is 0 Å². The van der Waals surface area contributed by atoms with Gasteiger partial charge in [-0.1, -0.05) is 0 Å². The van der Waals surface area contributed by atoms with Crippen LogP contribution in [0.1, 0.15) is 18.5 Å². The quantitative estimate of drug-likeness (QED) is 0.619. The number of aromatic nitrogens is 1. The van der Waals surface area contributed by atoms with Crippen LogP contribution in [0.5, 0.6) is 0 Å². The van der Waals surface area contributed by atoms with E-state index in [1.807, 2.05) is 37.4 Å². The fourth-order valence-electron chi connectivity index (χ4n) is 2.84. The van der Waals surface area contributed by atoms with Crippen LogP contribution in [0.25, 0.3) is 0 Å². The zero-order valence-electron chi connectivity index (χ0n) is 15.0. The van der Waals surface area contributed by atoms with Crippen molar-refractivity contribution in [2.45, 2.75) is 25.4 Å². The van der Waals surface area contributed by atoms with E-state index in [2.05, 4.69) is 48.4 Å². The molecule has 0 radical (unpaired) electrons. The summed E-state index contributed by atoms with van der Waals surface area (Å²) < 4.78 is 0. The van der Waals surface area contributed by atoms with Crippen LogP contribution in [0.15, 0.2) is 27.9 Å². The predicted octanol–water partition coefficient (Wildman–Crippen LogP) is 2.60. The van der Waals surface area contributed by atoms with Gasteiger partial charge in [0.05, 0.1) is 17.2 Å². The van der Waals surface area contributed by atoms with Crippen LogP contribution in [0.3, 0.4) is 0 Å². The second-order valence-electron chi connectivity index (χ2n) is 6.30. The van der Waals surface area contributed by atoms with Gasteiger partial charge >= 0.3 is 0 Å². The largest absolute Gasteiger partial charge is 0.363 e. The molecule has 0 aliphatic carbocycles. The number of thiazole rings is 1. The first-order valence-electron chi connectivity index (χ1n) is 8.53. The number of thiophene rings is 1. The van der Waals surface area contributed by atoms with Crippen molar-refractivity contribution in [3.63, 3.8) is 0 Å². The van der Waals surface area contributed by atoms with Crippen molar-refractivity contribution in [1.82, 2.24) is 15.6 Å². The fraction of sp³-hybridized carbons (Fsp3) is 0.529. The molecule has 3 heterocycles.